The summed E-state index contributed by atoms with van der Waals surface area (Å²) in [5, 5.41) is 3.04. The Labute approximate surface area is 177 Å². The van der Waals surface area contributed by atoms with Crippen LogP contribution in [-0.2, 0) is 19.6 Å². The monoisotopic (exact) mass is 439 g/mol. The quantitative estimate of drug-likeness (QED) is 0.763. The summed E-state index contributed by atoms with van der Waals surface area (Å²) in [5.74, 6) is -1.49. The molecule has 1 atom stereocenters. The summed E-state index contributed by atoms with van der Waals surface area (Å²) in [5.41, 5.74) is -0.527. The third-order valence-electron chi connectivity index (χ3n) is 6.13. The van der Waals surface area contributed by atoms with Gasteiger partial charge < -0.3 is 5.32 Å². The number of piperazine rings is 1. The number of hydrogen-bond donors (Lipinski definition) is 1. The molecule has 1 heterocycles. The smallest absolute Gasteiger partial charge is 0.247 e. The summed E-state index contributed by atoms with van der Waals surface area (Å²) in [6.45, 7) is 4.27. The second-order valence-electron chi connectivity index (χ2n) is 8.41. The van der Waals surface area contributed by atoms with Gasteiger partial charge in [0.1, 0.15) is 11.4 Å². The highest BCUT2D eigenvalue weighted by molar-refractivity contribution is 7.89. The Morgan fingerprint density at radius 2 is 1.93 bits per heavy atom. The fourth-order valence-corrected chi connectivity index (χ4v) is 5.50. The van der Waals surface area contributed by atoms with E-state index in [1.807, 2.05) is 0 Å². The lowest BCUT2D eigenvalue weighted by atomic mass is 9.91. The Morgan fingerprint density at radius 3 is 2.53 bits per heavy atom. The molecule has 1 saturated carbocycles. The SMILES string of the molecule is CCS(=O)(=O)N1CC(=O)N(c2ccc(F)cc2C)C(C)(C(=O)NC2CCCCC2)C1. The van der Waals surface area contributed by atoms with Crippen LogP contribution >= 0.6 is 0 Å². The van der Waals surface area contributed by atoms with Crippen molar-refractivity contribution in [3.8, 4) is 0 Å². The average molecular weight is 440 g/mol. The Morgan fingerprint density at radius 1 is 1.27 bits per heavy atom. The van der Waals surface area contributed by atoms with Crippen molar-refractivity contribution in [1.82, 2.24) is 9.62 Å². The molecular weight excluding hydrogens is 409 g/mol. The van der Waals surface area contributed by atoms with Gasteiger partial charge in [-0.15, -0.1) is 0 Å². The predicted molar refractivity (Wildman–Crippen MR) is 113 cm³/mol. The second-order valence-corrected chi connectivity index (χ2v) is 10.7. The highest BCUT2D eigenvalue weighted by Gasteiger charge is 2.51. The summed E-state index contributed by atoms with van der Waals surface area (Å²) >= 11 is 0. The van der Waals surface area contributed by atoms with Crippen molar-refractivity contribution < 1.29 is 22.4 Å². The van der Waals surface area contributed by atoms with Crippen molar-refractivity contribution in [2.45, 2.75) is 64.5 Å². The van der Waals surface area contributed by atoms with Gasteiger partial charge in [-0.05, 0) is 57.4 Å². The van der Waals surface area contributed by atoms with Crippen LogP contribution in [-0.4, -0.2) is 55.0 Å². The number of hydrogen-bond acceptors (Lipinski definition) is 4. The van der Waals surface area contributed by atoms with Gasteiger partial charge in [0.2, 0.25) is 21.8 Å². The summed E-state index contributed by atoms with van der Waals surface area (Å²) in [6.07, 6.45) is 4.91. The van der Waals surface area contributed by atoms with Crippen LogP contribution < -0.4 is 10.2 Å². The molecule has 2 amide bonds. The lowest BCUT2D eigenvalue weighted by Gasteiger charge is -2.47. The molecule has 1 aliphatic heterocycles. The van der Waals surface area contributed by atoms with Crippen molar-refractivity contribution in [3.63, 3.8) is 0 Å². The first-order valence-corrected chi connectivity index (χ1v) is 12.1. The second kappa shape index (κ2) is 8.63. The average Bonchev–Trinajstić information content (AvgIpc) is 2.69. The van der Waals surface area contributed by atoms with E-state index in [1.54, 1.807) is 13.8 Å². The molecule has 30 heavy (non-hydrogen) atoms. The van der Waals surface area contributed by atoms with Crippen LogP contribution in [0.1, 0.15) is 51.5 Å². The molecule has 3 rings (SSSR count). The fourth-order valence-electron chi connectivity index (χ4n) is 4.38. The van der Waals surface area contributed by atoms with Crippen molar-refractivity contribution >= 4 is 27.5 Å². The van der Waals surface area contributed by atoms with E-state index in [0.717, 1.165) is 36.4 Å². The van der Waals surface area contributed by atoms with Gasteiger partial charge in [-0.2, -0.15) is 4.31 Å². The number of amides is 2. The molecule has 0 radical (unpaired) electrons. The topological polar surface area (TPSA) is 86.8 Å². The molecule has 1 saturated heterocycles. The zero-order chi connectivity index (χ0) is 22.1. The minimum atomic E-state index is -3.67. The Kier molecular flexibility index (Phi) is 6.52. The van der Waals surface area contributed by atoms with Crippen LogP contribution in [0.5, 0.6) is 0 Å². The maximum absolute atomic E-state index is 13.7. The zero-order valence-electron chi connectivity index (χ0n) is 17.8. The number of sulfonamides is 1. The van der Waals surface area contributed by atoms with Gasteiger partial charge in [0, 0.05) is 18.3 Å². The maximum Gasteiger partial charge on any atom is 0.247 e. The van der Waals surface area contributed by atoms with Crippen molar-refractivity contribution in [2.24, 2.45) is 0 Å². The van der Waals surface area contributed by atoms with E-state index in [1.165, 1.54) is 30.0 Å². The molecule has 9 heteroatoms. The highest BCUT2D eigenvalue weighted by atomic mass is 32.2. The van der Waals surface area contributed by atoms with Gasteiger partial charge in [-0.1, -0.05) is 19.3 Å². The molecule has 1 aromatic rings. The van der Waals surface area contributed by atoms with Crippen LogP contribution in [0.15, 0.2) is 18.2 Å². The molecule has 7 nitrogen and oxygen atoms in total. The largest absolute Gasteiger partial charge is 0.351 e. The van der Waals surface area contributed by atoms with Crippen LogP contribution in [0.25, 0.3) is 0 Å². The first kappa shape index (κ1) is 22.7. The van der Waals surface area contributed by atoms with Crippen molar-refractivity contribution in [3.05, 3.63) is 29.6 Å². The molecule has 0 spiro atoms. The first-order valence-electron chi connectivity index (χ1n) is 10.5. The van der Waals surface area contributed by atoms with Crippen LogP contribution in [0.2, 0.25) is 0 Å². The first-order chi connectivity index (χ1) is 14.1. The zero-order valence-corrected chi connectivity index (χ0v) is 18.6. The minimum absolute atomic E-state index is 0.00694. The van der Waals surface area contributed by atoms with E-state index >= 15 is 0 Å². The lowest BCUT2D eigenvalue weighted by Crippen LogP contribution is -2.71. The number of aryl methyl sites for hydroxylation is 1. The summed E-state index contributed by atoms with van der Waals surface area (Å²) < 4.78 is 39.8. The van der Waals surface area contributed by atoms with E-state index in [-0.39, 0.29) is 30.8 Å². The fraction of sp³-hybridized carbons (Fsp3) is 0.619. The summed E-state index contributed by atoms with van der Waals surface area (Å²) in [4.78, 5) is 28.0. The molecule has 0 bridgehead atoms. The normalized spacial score (nSPS) is 24.1. The van der Waals surface area contributed by atoms with E-state index < -0.39 is 27.3 Å². The number of rotatable bonds is 5. The number of carbonyl (C=O) groups excluding carboxylic acids is 2. The van der Waals surface area contributed by atoms with Gasteiger partial charge in [0.15, 0.2) is 0 Å². The molecular formula is C21H30FN3O4S. The van der Waals surface area contributed by atoms with Crippen LogP contribution in [0.3, 0.4) is 0 Å². The van der Waals surface area contributed by atoms with E-state index in [4.69, 9.17) is 0 Å². The number of nitrogens with zero attached hydrogens (tertiary/aromatic N) is 2. The van der Waals surface area contributed by atoms with Crippen molar-refractivity contribution in [1.29, 1.82) is 0 Å². The summed E-state index contributed by atoms with van der Waals surface area (Å²) in [7, 11) is -3.67. The number of anilines is 1. The molecule has 2 fully saturated rings. The third kappa shape index (κ3) is 4.37. The van der Waals surface area contributed by atoms with Crippen LogP contribution in [0, 0.1) is 12.7 Å². The number of benzene rings is 1. The van der Waals surface area contributed by atoms with Gasteiger partial charge in [-0.25, -0.2) is 12.8 Å². The number of carbonyl (C=O) groups is 2. The molecule has 1 N–H and O–H groups in total. The van der Waals surface area contributed by atoms with Gasteiger partial charge in [0.25, 0.3) is 0 Å². The molecule has 1 unspecified atom stereocenters. The Balaban J connectivity index is 2.02. The molecule has 0 aromatic heterocycles. The predicted octanol–water partition coefficient (Wildman–Crippen LogP) is 2.34. The molecule has 2 aliphatic rings. The van der Waals surface area contributed by atoms with Crippen molar-refractivity contribution in [2.75, 3.05) is 23.7 Å². The summed E-state index contributed by atoms with van der Waals surface area (Å²) in [6, 6.07) is 4.02. The lowest BCUT2D eigenvalue weighted by molar-refractivity contribution is -0.133. The Bertz CT molecular complexity index is 930. The maximum atomic E-state index is 13.7. The van der Waals surface area contributed by atoms with E-state index in [0.29, 0.717) is 11.3 Å². The molecule has 1 aliphatic carbocycles. The van der Waals surface area contributed by atoms with Gasteiger partial charge in [-0.3, -0.25) is 14.5 Å². The number of nitrogens with one attached hydrogen (secondary N) is 1. The van der Waals surface area contributed by atoms with Crippen LogP contribution in [0.4, 0.5) is 10.1 Å². The number of halogens is 1. The van der Waals surface area contributed by atoms with E-state index in [9.17, 15) is 22.4 Å². The molecule has 1 aromatic carbocycles. The Hall–Kier alpha value is -2.00. The molecule has 166 valence electrons. The van der Waals surface area contributed by atoms with Gasteiger partial charge in [0.05, 0.1) is 12.3 Å². The minimum Gasteiger partial charge on any atom is -0.351 e. The van der Waals surface area contributed by atoms with E-state index in [2.05, 4.69) is 5.32 Å². The third-order valence-corrected chi connectivity index (χ3v) is 7.90. The standard InChI is InChI=1S/C21H30FN3O4S/c1-4-30(28,29)24-13-19(26)25(18-11-10-16(22)12-15(18)2)21(3,14-24)20(27)23-17-8-6-5-7-9-17/h10-12,17H,4-9,13-14H2,1-3H3,(H,23,27). The van der Waals surface area contributed by atoms with Gasteiger partial charge >= 0.3 is 0 Å². The highest BCUT2D eigenvalue weighted by Crippen LogP contribution is 2.33.